The Balaban J connectivity index is 2.08. The lowest BCUT2D eigenvalue weighted by Gasteiger charge is -2.25. The summed E-state index contributed by atoms with van der Waals surface area (Å²) in [6.07, 6.45) is 0.718. The molecule has 0 bridgehead atoms. The van der Waals surface area contributed by atoms with Crippen LogP contribution in [0.2, 0.25) is 0 Å². The lowest BCUT2D eigenvalue weighted by Crippen LogP contribution is -2.29. The van der Waals surface area contributed by atoms with Crippen LogP contribution in [0.25, 0.3) is 0 Å². The van der Waals surface area contributed by atoms with Gasteiger partial charge in [-0.05, 0) is 30.5 Å². The molecule has 118 valence electrons. The van der Waals surface area contributed by atoms with Crippen LogP contribution in [0.3, 0.4) is 0 Å². The molecular formula is C16H26N2O2S. The number of anilines is 1. The van der Waals surface area contributed by atoms with Crippen molar-refractivity contribution in [3.63, 3.8) is 0 Å². The molecule has 0 spiro atoms. The highest BCUT2D eigenvalue weighted by atomic mass is 32.2. The first-order valence-electron chi connectivity index (χ1n) is 7.72. The van der Waals surface area contributed by atoms with Crippen molar-refractivity contribution in [2.45, 2.75) is 26.8 Å². The molecule has 0 unspecified atom stereocenters. The van der Waals surface area contributed by atoms with Crippen molar-refractivity contribution < 1.29 is 8.42 Å². The fourth-order valence-electron chi connectivity index (χ4n) is 2.64. The van der Waals surface area contributed by atoms with E-state index < -0.39 is 9.84 Å². The third kappa shape index (κ3) is 5.00. The summed E-state index contributed by atoms with van der Waals surface area (Å²) in [6.45, 7) is 7.63. The summed E-state index contributed by atoms with van der Waals surface area (Å²) >= 11 is 0. The highest BCUT2D eigenvalue weighted by Gasteiger charge is 2.20. The maximum atomic E-state index is 11.7. The molecule has 0 saturated carbocycles. The van der Waals surface area contributed by atoms with Gasteiger partial charge in [0.1, 0.15) is 0 Å². The molecule has 1 aromatic rings. The van der Waals surface area contributed by atoms with Crippen LogP contribution in [0.4, 0.5) is 5.69 Å². The van der Waals surface area contributed by atoms with E-state index in [0.29, 0.717) is 18.2 Å². The Morgan fingerprint density at radius 3 is 2.71 bits per heavy atom. The van der Waals surface area contributed by atoms with Gasteiger partial charge in [0.25, 0.3) is 0 Å². The molecule has 0 amide bonds. The SMILES string of the molecule is CC(C)CNCc1ccccc1N1CCCS(=O)(=O)CC1. The van der Waals surface area contributed by atoms with E-state index in [1.807, 2.05) is 12.1 Å². The first-order chi connectivity index (χ1) is 9.98. The Labute approximate surface area is 128 Å². The first kappa shape index (κ1) is 16.3. The first-order valence-corrected chi connectivity index (χ1v) is 9.54. The summed E-state index contributed by atoms with van der Waals surface area (Å²) in [7, 11) is -2.86. The van der Waals surface area contributed by atoms with E-state index in [2.05, 4.69) is 36.2 Å². The maximum absolute atomic E-state index is 11.7. The number of para-hydroxylation sites is 1. The van der Waals surface area contributed by atoms with E-state index in [1.54, 1.807) is 0 Å². The highest BCUT2D eigenvalue weighted by molar-refractivity contribution is 7.91. The summed E-state index contributed by atoms with van der Waals surface area (Å²) in [5.41, 5.74) is 2.42. The van der Waals surface area contributed by atoms with Crippen molar-refractivity contribution in [3.8, 4) is 0 Å². The van der Waals surface area contributed by atoms with Gasteiger partial charge in [0.05, 0.1) is 11.5 Å². The van der Waals surface area contributed by atoms with Gasteiger partial charge in [-0.15, -0.1) is 0 Å². The Hall–Kier alpha value is -1.07. The second-order valence-corrected chi connectivity index (χ2v) is 8.45. The van der Waals surface area contributed by atoms with Gasteiger partial charge in [-0.3, -0.25) is 0 Å². The van der Waals surface area contributed by atoms with Gasteiger partial charge >= 0.3 is 0 Å². The number of rotatable bonds is 5. The molecule has 0 aromatic heterocycles. The van der Waals surface area contributed by atoms with Crippen molar-refractivity contribution in [3.05, 3.63) is 29.8 Å². The Morgan fingerprint density at radius 1 is 1.19 bits per heavy atom. The summed E-state index contributed by atoms with van der Waals surface area (Å²) < 4.78 is 23.5. The fourth-order valence-corrected chi connectivity index (χ4v) is 3.92. The smallest absolute Gasteiger partial charge is 0.152 e. The fraction of sp³-hybridized carbons (Fsp3) is 0.625. The van der Waals surface area contributed by atoms with E-state index >= 15 is 0 Å². The number of hydrogen-bond donors (Lipinski definition) is 1. The molecule has 1 fully saturated rings. The number of benzene rings is 1. The molecular weight excluding hydrogens is 284 g/mol. The van der Waals surface area contributed by atoms with Crippen LogP contribution in [0.1, 0.15) is 25.8 Å². The van der Waals surface area contributed by atoms with Gasteiger partial charge in [0.2, 0.25) is 0 Å². The minimum Gasteiger partial charge on any atom is -0.370 e. The van der Waals surface area contributed by atoms with Crippen LogP contribution in [0.15, 0.2) is 24.3 Å². The second-order valence-electron chi connectivity index (χ2n) is 6.15. The maximum Gasteiger partial charge on any atom is 0.152 e. The summed E-state index contributed by atoms with van der Waals surface area (Å²) in [5, 5.41) is 3.47. The van der Waals surface area contributed by atoms with E-state index in [9.17, 15) is 8.42 Å². The zero-order chi connectivity index (χ0) is 15.3. The third-order valence-electron chi connectivity index (χ3n) is 3.76. The van der Waals surface area contributed by atoms with Crippen LogP contribution in [-0.4, -0.2) is 39.6 Å². The van der Waals surface area contributed by atoms with Gasteiger partial charge < -0.3 is 10.2 Å². The lowest BCUT2D eigenvalue weighted by atomic mass is 10.1. The molecule has 1 saturated heterocycles. The van der Waals surface area contributed by atoms with Crippen molar-refractivity contribution in [1.82, 2.24) is 5.32 Å². The van der Waals surface area contributed by atoms with Crippen molar-refractivity contribution in [1.29, 1.82) is 0 Å². The minimum atomic E-state index is -2.86. The largest absolute Gasteiger partial charge is 0.370 e. The molecule has 1 N–H and O–H groups in total. The Morgan fingerprint density at radius 2 is 1.95 bits per heavy atom. The number of nitrogens with one attached hydrogen (secondary N) is 1. The standard InChI is InChI=1S/C16H26N2O2S/c1-14(2)12-17-13-15-6-3-4-7-16(15)18-8-5-10-21(19,20)11-9-18/h3-4,6-7,14,17H,5,8-13H2,1-2H3. The molecule has 1 aromatic carbocycles. The quantitative estimate of drug-likeness (QED) is 0.904. The topological polar surface area (TPSA) is 49.4 Å². The molecule has 1 aliphatic rings. The molecule has 0 atom stereocenters. The van der Waals surface area contributed by atoms with E-state index in [0.717, 1.165) is 26.1 Å². The summed E-state index contributed by atoms with van der Waals surface area (Å²) in [4.78, 5) is 2.22. The molecule has 1 heterocycles. The van der Waals surface area contributed by atoms with Crippen LogP contribution < -0.4 is 10.2 Å². The molecule has 2 rings (SSSR count). The Kier molecular flexibility index (Phi) is 5.65. The van der Waals surface area contributed by atoms with Crippen molar-refractivity contribution in [2.75, 3.05) is 36.0 Å². The summed E-state index contributed by atoms with van der Waals surface area (Å²) in [6, 6.07) is 8.30. The minimum absolute atomic E-state index is 0.265. The molecule has 5 heteroatoms. The monoisotopic (exact) mass is 310 g/mol. The van der Waals surface area contributed by atoms with Gasteiger partial charge in [-0.1, -0.05) is 32.0 Å². The summed E-state index contributed by atoms with van der Waals surface area (Å²) in [5.74, 6) is 1.21. The molecule has 0 radical (unpaired) electrons. The van der Waals surface area contributed by atoms with Crippen molar-refractivity contribution >= 4 is 15.5 Å². The van der Waals surface area contributed by atoms with Gasteiger partial charge in [-0.2, -0.15) is 0 Å². The van der Waals surface area contributed by atoms with Crippen LogP contribution in [0.5, 0.6) is 0 Å². The Bertz CT molecular complexity index is 555. The highest BCUT2D eigenvalue weighted by Crippen LogP contribution is 2.22. The number of nitrogens with zero attached hydrogens (tertiary/aromatic N) is 1. The lowest BCUT2D eigenvalue weighted by molar-refractivity contribution is 0.552. The van der Waals surface area contributed by atoms with Crippen molar-refractivity contribution in [2.24, 2.45) is 5.92 Å². The normalized spacial score (nSPS) is 18.7. The molecule has 1 aliphatic heterocycles. The zero-order valence-corrected chi connectivity index (χ0v) is 13.8. The van der Waals surface area contributed by atoms with Gasteiger partial charge in [0.15, 0.2) is 9.84 Å². The average molecular weight is 310 g/mol. The molecule has 0 aliphatic carbocycles. The molecule has 4 nitrogen and oxygen atoms in total. The predicted molar refractivity (Wildman–Crippen MR) is 88.5 cm³/mol. The third-order valence-corrected chi connectivity index (χ3v) is 5.47. The zero-order valence-electron chi connectivity index (χ0n) is 13.0. The van der Waals surface area contributed by atoms with Crippen LogP contribution in [-0.2, 0) is 16.4 Å². The number of sulfone groups is 1. The van der Waals surface area contributed by atoms with E-state index in [4.69, 9.17) is 0 Å². The predicted octanol–water partition coefficient (Wildman–Crippen LogP) is 2.06. The van der Waals surface area contributed by atoms with Crippen LogP contribution >= 0.6 is 0 Å². The van der Waals surface area contributed by atoms with Crippen LogP contribution in [0, 0.1) is 5.92 Å². The average Bonchev–Trinajstić information content (AvgIpc) is 2.60. The number of hydrogen-bond acceptors (Lipinski definition) is 4. The van der Waals surface area contributed by atoms with E-state index in [-0.39, 0.29) is 5.75 Å². The van der Waals surface area contributed by atoms with Gasteiger partial charge in [-0.25, -0.2) is 8.42 Å². The second kappa shape index (κ2) is 7.27. The van der Waals surface area contributed by atoms with Gasteiger partial charge in [0, 0.05) is 25.3 Å². The molecule has 21 heavy (non-hydrogen) atoms. The van der Waals surface area contributed by atoms with E-state index in [1.165, 1.54) is 11.3 Å².